The third-order valence-corrected chi connectivity index (χ3v) is 2.66. The Morgan fingerprint density at radius 3 is 2.78 bits per heavy atom. The van der Waals surface area contributed by atoms with Crippen molar-refractivity contribution < 1.29 is 4.74 Å². The van der Waals surface area contributed by atoms with E-state index in [0.717, 1.165) is 22.6 Å². The van der Waals surface area contributed by atoms with Gasteiger partial charge < -0.3 is 10.5 Å². The van der Waals surface area contributed by atoms with Crippen molar-refractivity contribution >= 4 is 0 Å². The average Bonchev–Trinajstić information content (AvgIpc) is 2.41. The molecule has 4 nitrogen and oxygen atoms in total. The summed E-state index contributed by atoms with van der Waals surface area (Å²) in [6.45, 7) is 5.03. The number of aryl methyl sites for hydroxylation is 1. The molecule has 94 valence electrons. The topological polar surface area (TPSA) is 61.0 Å². The summed E-state index contributed by atoms with van der Waals surface area (Å²) in [7, 11) is 0. The molecule has 4 heteroatoms. The zero-order valence-corrected chi connectivity index (χ0v) is 10.7. The summed E-state index contributed by atoms with van der Waals surface area (Å²) in [4.78, 5) is 8.49. The van der Waals surface area contributed by atoms with Crippen molar-refractivity contribution in [3.05, 3.63) is 41.9 Å². The van der Waals surface area contributed by atoms with Gasteiger partial charge in [-0.1, -0.05) is 0 Å². The summed E-state index contributed by atoms with van der Waals surface area (Å²) in [6, 6.07) is 7.92. The molecule has 0 atom stereocenters. The molecule has 0 spiro atoms. The third kappa shape index (κ3) is 2.65. The van der Waals surface area contributed by atoms with E-state index in [4.69, 9.17) is 10.5 Å². The van der Waals surface area contributed by atoms with Crippen LogP contribution in [0.1, 0.15) is 18.3 Å². The smallest absolute Gasteiger partial charge is 0.142 e. The minimum atomic E-state index is 0.351. The van der Waals surface area contributed by atoms with Crippen LogP contribution in [0.2, 0.25) is 0 Å². The van der Waals surface area contributed by atoms with Gasteiger partial charge in [0.2, 0.25) is 0 Å². The fourth-order valence-corrected chi connectivity index (χ4v) is 1.78. The van der Waals surface area contributed by atoms with Gasteiger partial charge in [0, 0.05) is 11.8 Å². The van der Waals surface area contributed by atoms with Gasteiger partial charge >= 0.3 is 0 Å². The molecule has 2 N–H and O–H groups in total. The predicted octanol–water partition coefficient (Wildman–Crippen LogP) is 2.31. The van der Waals surface area contributed by atoms with E-state index >= 15 is 0 Å². The number of nitrogens with two attached hydrogens (primary N) is 1. The maximum absolute atomic E-state index is 5.55. The minimum Gasteiger partial charge on any atom is -0.494 e. The van der Waals surface area contributed by atoms with Crippen LogP contribution in [-0.2, 0) is 6.54 Å². The Morgan fingerprint density at radius 2 is 2.11 bits per heavy atom. The zero-order valence-electron chi connectivity index (χ0n) is 10.7. The first kappa shape index (κ1) is 12.5. The molecule has 0 saturated heterocycles. The molecule has 0 aliphatic rings. The SMILES string of the molecule is CCOc1ccc(-c2ccnc(CN)n2)cc1C. The van der Waals surface area contributed by atoms with Crippen molar-refractivity contribution in [2.75, 3.05) is 6.61 Å². The van der Waals surface area contributed by atoms with Crippen LogP contribution in [0.5, 0.6) is 5.75 Å². The van der Waals surface area contributed by atoms with Crippen LogP contribution < -0.4 is 10.5 Å². The molecule has 0 saturated carbocycles. The molecule has 0 aliphatic carbocycles. The highest BCUT2D eigenvalue weighted by Gasteiger charge is 2.05. The first-order valence-corrected chi connectivity index (χ1v) is 6.00. The first-order chi connectivity index (χ1) is 8.74. The molecule has 0 aliphatic heterocycles. The molecule has 0 bridgehead atoms. The summed E-state index contributed by atoms with van der Waals surface area (Å²) in [5.41, 5.74) is 8.58. The van der Waals surface area contributed by atoms with Crippen LogP contribution >= 0.6 is 0 Å². The van der Waals surface area contributed by atoms with Gasteiger partial charge in [-0.2, -0.15) is 0 Å². The van der Waals surface area contributed by atoms with Crippen LogP contribution in [0.15, 0.2) is 30.5 Å². The molecule has 0 radical (unpaired) electrons. The van der Waals surface area contributed by atoms with Gasteiger partial charge in [0.1, 0.15) is 11.6 Å². The highest BCUT2D eigenvalue weighted by molar-refractivity contribution is 5.61. The second-order valence-corrected chi connectivity index (χ2v) is 3.98. The van der Waals surface area contributed by atoms with E-state index in [9.17, 15) is 0 Å². The largest absolute Gasteiger partial charge is 0.494 e. The van der Waals surface area contributed by atoms with Gasteiger partial charge in [-0.25, -0.2) is 9.97 Å². The van der Waals surface area contributed by atoms with Crippen molar-refractivity contribution in [1.82, 2.24) is 9.97 Å². The van der Waals surface area contributed by atoms with Gasteiger partial charge in [0.05, 0.1) is 18.8 Å². The standard InChI is InChI=1S/C14H17N3O/c1-3-18-13-5-4-11(8-10(13)2)12-6-7-16-14(9-15)17-12/h4-8H,3,9,15H2,1-2H3. The number of benzene rings is 1. The average molecular weight is 243 g/mol. The number of ether oxygens (including phenoxy) is 1. The molecule has 18 heavy (non-hydrogen) atoms. The molecule has 2 aromatic rings. The minimum absolute atomic E-state index is 0.351. The van der Waals surface area contributed by atoms with Gasteiger partial charge in [0.25, 0.3) is 0 Å². The Morgan fingerprint density at radius 1 is 1.28 bits per heavy atom. The van der Waals surface area contributed by atoms with Gasteiger partial charge in [0.15, 0.2) is 0 Å². The Labute approximate surface area is 107 Å². The lowest BCUT2D eigenvalue weighted by atomic mass is 10.1. The molecule has 1 aromatic carbocycles. The van der Waals surface area contributed by atoms with Crippen molar-refractivity contribution in [3.63, 3.8) is 0 Å². The fraction of sp³-hybridized carbons (Fsp3) is 0.286. The predicted molar refractivity (Wildman–Crippen MR) is 71.3 cm³/mol. The van der Waals surface area contributed by atoms with Crippen LogP contribution in [0.25, 0.3) is 11.3 Å². The van der Waals surface area contributed by atoms with E-state index in [0.29, 0.717) is 19.0 Å². The van der Waals surface area contributed by atoms with Gasteiger partial charge in [-0.05, 0) is 43.7 Å². The second kappa shape index (κ2) is 5.60. The molecular weight excluding hydrogens is 226 g/mol. The highest BCUT2D eigenvalue weighted by atomic mass is 16.5. The Kier molecular flexibility index (Phi) is 3.89. The number of aromatic nitrogens is 2. The normalized spacial score (nSPS) is 10.4. The van der Waals surface area contributed by atoms with Crippen LogP contribution in [-0.4, -0.2) is 16.6 Å². The van der Waals surface area contributed by atoms with Crippen molar-refractivity contribution in [3.8, 4) is 17.0 Å². The first-order valence-electron chi connectivity index (χ1n) is 6.00. The van der Waals surface area contributed by atoms with E-state index in [1.807, 2.05) is 32.0 Å². The quantitative estimate of drug-likeness (QED) is 0.895. The van der Waals surface area contributed by atoms with Crippen molar-refractivity contribution in [2.24, 2.45) is 5.73 Å². The van der Waals surface area contributed by atoms with Crippen molar-refractivity contribution in [1.29, 1.82) is 0 Å². The maximum Gasteiger partial charge on any atom is 0.142 e. The highest BCUT2D eigenvalue weighted by Crippen LogP contribution is 2.24. The number of hydrogen-bond acceptors (Lipinski definition) is 4. The van der Waals surface area contributed by atoms with E-state index in [-0.39, 0.29) is 0 Å². The van der Waals surface area contributed by atoms with Gasteiger partial charge in [-0.15, -0.1) is 0 Å². The van der Waals surface area contributed by atoms with Crippen LogP contribution in [0.3, 0.4) is 0 Å². The maximum atomic E-state index is 5.55. The lowest BCUT2D eigenvalue weighted by molar-refractivity contribution is 0.338. The number of hydrogen-bond donors (Lipinski definition) is 1. The van der Waals surface area contributed by atoms with E-state index in [1.165, 1.54) is 0 Å². The summed E-state index contributed by atoms with van der Waals surface area (Å²) >= 11 is 0. The fourth-order valence-electron chi connectivity index (χ4n) is 1.78. The molecule has 2 rings (SSSR count). The van der Waals surface area contributed by atoms with Crippen molar-refractivity contribution in [2.45, 2.75) is 20.4 Å². The Hall–Kier alpha value is -1.94. The molecule has 1 aromatic heterocycles. The van der Waals surface area contributed by atoms with E-state index in [2.05, 4.69) is 16.0 Å². The zero-order chi connectivity index (χ0) is 13.0. The summed E-state index contributed by atoms with van der Waals surface area (Å²) < 4.78 is 5.52. The number of nitrogens with zero attached hydrogens (tertiary/aromatic N) is 2. The summed E-state index contributed by atoms with van der Waals surface area (Å²) in [5.74, 6) is 1.56. The second-order valence-electron chi connectivity index (χ2n) is 3.98. The third-order valence-electron chi connectivity index (χ3n) is 2.66. The van der Waals surface area contributed by atoms with E-state index < -0.39 is 0 Å². The lowest BCUT2D eigenvalue weighted by Crippen LogP contribution is -2.03. The van der Waals surface area contributed by atoms with E-state index in [1.54, 1.807) is 6.20 Å². The summed E-state index contributed by atoms with van der Waals surface area (Å²) in [6.07, 6.45) is 1.73. The van der Waals surface area contributed by atoms with Crippen LogP contribution in [0, 0.1) is 6.92 Å². The van der Waals surface area contributed by atoms with Crippen LogP contribution in [0.4, 0.5) is 0 Å². The molecule has 0 fully saturated rings. The Bertz CT molecular complexity index is 540. The molecular formula is C14H17N3O. The summed E-state index contributed by atoms with van der Waals surface area (Å²) in [5, 5.41) is 0. The van der Waals surface area contributed by atoms with Gasteiger partial charge in [-0.3, -0.25) is 0 Å². The molecule has 0 amide bonds. The number of rotatable bonds is 4. The molecule has 0 unspecified atom stereocenters. The molecule has 1 heterocycles. The monoisotopic (exact) mass is 243 g/mol. The lowest BCUT2D eigenvalue weighted by Gasteiger charge is -2.09. The Balaban J connectivity index is 2.35.